The van der Waals surface area contributed by atoms with E-state index >= 15 is 0 Å². The number of nitrogens with zero attached hydrogens (tertiary/aromatic N) is 3. The number of rotatable bonds is 3. The van der Waals surface area contributed by atoms with E-state index in [1.807, 2.05) is 0 Å². The van der Waals surface area contributed by atoms with Crippen molar-refractivity contribution in [1.82, 2.24) is 9.97 Å². The van der Waals surface area contributed by atoms with Crippen LogP contribution in [0.15, 0.2) is 44.2 Å². The standard InChI is InChI=1S/C10H10N6O4S/c11-10-13-8(17)7(9(18)14-10)16-15-5-1-3-6(4-2-5)21(12,19)20/h1-4H,(H2,12,19,20)(H4,11,13,14,17,18). The maximum atomic E-state index is 11.5. The van der Waals surface area contributed by atoms with Crippen LogP contribution in [0, 0.1) is 0 Å². The molecule has 110 valence electrons. The lowest BCUT2D eigenvalue weighted by Gasteiger charge is -1.99. The summed E-state index contributed by atoms with van der Waals surface area (Å²) in [5.74, 6) is -0.921. The number of hydrogen-bond donors (Lipinski definition) is 4. The molecule has 0 saturated heterocycles. The van der Waals surface area contributed by atoms with Crippen molar-refractivity contribution < 1.29 is 13.5 Å². The molecule has 2 aromatic rings. The predicted octanol–water partition coefficient (Wildman–Crippen LogP) is 0.120. The molecule has 21 heavy (non-hydrogen) atoms. The Morgan fingerprint density at radius 3 is 2.33 bits per heavy atom. The van der Waals surface area contributed by atoms with E-state index in [1.54, 1.807) is 0 Å². The number of sulfonamides is 1. The molecule has 10 nitrogen and oxygen atoms in total. The van der Waals surface area contributed by atoms with Crippen LogP contribution < -0.4 is 16.4 Å². The van der Waals surface area contributed by atoms with Gasteiger partial charge in [-0.1, -0.05) is 0 Å². The average Bonchev–Trinajstić information content (AvgIpc) is 2.37. The van der Waals surface area contributed by atoms with Crippen molar-refractivity contribution in [3.05, 3.63) is 34.6 Å². The van der Waals surface area contributed by atoms with Crippen LogP contribution in [-0.2, 0) is 10.0 Å². The second-order valence-electron chi connectivity index (χ2n) is 3.86. The van der Waals surface area contributed by atoms with E-state index in [-0.39, 0.29) is 16.5 Å². The third kappa shape index (κ3) is 3.40. The highest BCUT2D eigenvalue weighted by Crippen LogP contribution is 2.22. The topological polar surface area (TPSA) is 177 Å². The van der Waals surface area contributed by atoms with Crippen molar-refractivity contribution in [2.75, 3.05) is 5.73 Å². The number of aromatic amines is 1. The molecule has 1 aromatic carbocycles. The van der Waals surface area contributed by atoms with Crippen LogP contribution in [0.25, 0.3) is 0 Å². The van der Waals surface area contributed by atoms with Gasteiger partial charge in [-0.05, 0) is 24.3 Å². The van der Waals surface area contributed by atoms with Crippen molar-refractivity contribution in [2.45, 2.75) is 4.90 Å². The zero-order chi connectivity index (χ0) is 15.6. The molecule has 0 radical (unpaired) electrons. The molecule has 0 atom stereocenters. The summed E-state index contributed by atoms with van der Waals surface area (Å²) < 4.78 is 22.1. The normalized spacial score (nSPS) is 11.9. The third-order valence-electron chi connectivity index (χ3n) is 2.33. The van der Waals surface area contributed by atoms with Gasteiger partial charge in [0.1, 0.15) is 0 Å². The van der Waals surface area contributed by atoms with Gasteiger partial charge in [0, 0.05) is 0 Å². The van der Waals surface area contributed by atoms with Crippen LogP contribution in [0.1, 0.15) is 0 Å². The van der Waals surface area contributed by atoms with Gasteiger partial charge in [0.25, 0.3) is 5.56 Å². The highest BCUT2D eigenvalue weighted by atomic mass is 32.2. The first-order valence-corrected chi connectivity index (χ1v) is 6.95. The van der Waals surface area contributed by atoms with Crippen LogP contribution in [0.2, 0.25) is 0 Å². The molecule has 1 heterocycles. The first kappa shape index (κ1) is 14.6. The molecule has 0 fully saturated rings. The largest absolute Gasteiger partial charge is 0.491 e. The van der Waals surface area contributed by atoms with E-state index in [4.69, 9.17) is 10.9 Å². The number of hydrogen-bond acceptors (Lipinski definition) is 8. The van der Waals surface area contributed by atoms with E-state index in [0.29, 0.717) is 0 Å². The van der Waals surface area contributed by atoms with Crippen LogP contribution in [-0.4, -0.2) is 23.5 Å². The highest BCUT2D eigenvalue weighted by molar-refractivity contribution is 7.89. The molecule has 2 rings (SSSR count). The lowest BCUT2D eigenvalue weighted by atomic mass is 10.3. The Hall–Kier alpha value is -2.79. The van der Waals surface area contributed by atoms with Gasteiger partial charge in [0.15, 0.2) is 0 Å². The van der Waals surface area contributed by atoms with Crippen molar-refractivity contribution in [2.24, 2.45) is 15.4 Å². The van der Waals surface area contributed by atoms with E-state index in [2.05, 4.69) is 20.2 Å². The zero-order valence-corrected chi connectivity index (χ0v) is 11.2. The highest BCUT2D eigenvalue weighted by Gasteiger charge is 2.09. The van der Waals surface area contributed by atoms with Gasteiger partial charge >= 0.3 is 0 Å². The van der Waals surface area contributed by atoms with Gasteiger partial charge in [-0.3, -0.25) is 9.78 Å². The number of azo groups is 1. The van der Waals surface area contributed by atoms with Gasteiger partial charge in [-0.2, -0.15) is 10.1 Å². The number of primary sulfonamides is 1. The molecule has 0 aliphatic rings. The van der Waals surface area contributed by atoms with E-state index < -0.39 is 27.1 Å². The maximum absolute atomic E-state index is 11.5. The SMILES string of the molecule is Nc1nc(O)c(N=Nc2ccc(S(N)(=O)=O)cc2)c(=O)[nH]1. The number of benzene rings is 1. The molecule has 0 bridgehead atoms. The van der Waals surface area contributed by atoms with Gasteiger partial charge in [0.2, 0.25) is 27.5 Å². The third-order valence-corrected chi connectivity index (χ3v) is 3.25. The maximum Gasteiger partial charge on any atom is 0.284 e. The average molecular weight is 310 g/mol. The van der Waals surface area contributed by atoms with E-state index in [0.717, 1.165) is 0 Å². The smallest absolute Gasteiger partial charge is 0.284 e. The molecule has 0 amide bonds. The Balaban J connectivity index is 2.33. The quantitative estimate of drug-likeness (QED) is 0.585. The summed E-state index contributed by atoms with van der Waals surface area (Å²) in [4.78, 5) is 17.0. The molecule has 0 aliphatic carbocycles. The van der Waals surface area contributed by atoms with Crippen LogP contribution in [0.5, 0.6) is 5.88 Å². The molecular formula is C10H10N6O4S. The Kier molecular flexibility index (Phi) is 3.69. The number of H-pyrrole nitrogens is 1. The van der Waals surface area contributed by atoms with Crippen LogP contribution in [0.4, 0.5) is 17.3 Å². The zero-order valence-electron chi connectivity index (χ0n) is 10.4. The Morgan fingerprint density at radius 2 is 1.81 bits per heavy atom. The fourth-order valence-corrected chi connectivity index (χ4v) is 1.89. The van der Waals surface area contributed by atoms with Gasteiger partial charge in [-0.15, -0.1) is 5.11 Å². The van der Waals surface area contributed by atoms with Crippen molar-refractivity contribution in [3.63, 3.8) is 0 Å². The summed E-state index contributed by atoms with van der Waals surface area (Å²) in [6.45, 7) is 0. The summed E-state index contributed by atoms with van der Waals surface area (Å²) >= 11 is 0. The lowest BCUT2D eigenvalue weighted by molar-refractivity contribution is 0.453. The van der Waals surface area contributed by atoms with Crippen LogP contribution in [0.3, 0.4) is 0 Å². The fraction of sp³-hybridized carbons (Fsp3) is 0. The van der Waals surface area contributed by atoms with Crippen molar-refractivity contribution in [3.8, 4) is 5.88 Å². The molecular weight excluding hydrogens is 300 g/mol. The van der Waals surface area contributed by atoms with E-state index in [9.17, 15) is 18.3 Å². The minimum atomic E-state index is -3.80. The Bertz CT molecular complexity index is 856. The monoisotopic (exact) mass is 310 g/mol. The van der Waals surface area contributed by atoms with Gasteiger partial charge < -0.3 is 10.8 Å². The predicted molar refractivity (Wildman–Crippen MR) is 72.9 cm³/mol. The number of aromatic nitrogens is 2. The minimum absolute atomic E-state index is 0.0868. The number of anilines is 1. The van der Waals surface area contributed by atoms with Gasteiger partial charge in [-0.25, -0.2) is 13.6 Å². The van der Waals surface area contributed by atoms with Gasteiger partial charge in [0.05, 0.1) is 10.6 Å². The first-order valence-electron chi connectivity index (χ1n) is 5.41. The van der Waals surface area contributed by atoms with Crippen molar-refractivity contribution in [1.29, 1.82) is 0 Å². The number of nitrogens with two attached hydrogens (primary N) is 2. The first-order chi connectivity index (χ1) is 9.77. The summed E-state index contributed by atoms with van der Waals surface area (Å²) in [5, 5.41) is 21.6. The Labute approximate surface area is 118 Å². The minimum Gasteiger partial charge on any atom is -0.491 e. The number of nitrogens with one attached hydrogen (secondary N) is 1. The number of nitrogen functional groups attached to an aromatic ring is 1. The van der Waals surface area contributed by atoms with Crippen LogP contribution >= 0.6 is 0 Å². The van der Waals surface area contributed by atoms with Crippen molar-refractivity contribution >= 4 is 27.3 Å². The molecule has 0 unspecified atom stereocenters. The molecule has 0 spiro atoms. The van der Waals surface area contributed by atoms with E-state index in [1.165, 1.54) is 24.3 Å². The fourth-order valence-electron chi connectivity index (χ4n) is 1.37. The summed E-state index contributed by atoms with van der Waals surface area (Å²) in [6.07, 6.45) is 0. The molecule has 1 aromatic heterocycles. The lowest BCUT2D eigenvalue weighted by Crippen LogP contribution is -2.11. The summed E-state index contributed by atoms with van der Waals surface area (Å²) in [6, 6.07) is 5.13. The molecule has 0 saturated carbocycles. The molecule has 0 aliphatic heterocycles. The summed E-state index contributed by atoms with van der Waals surface area (Å²) in [7, 11) is -3.80. The molecule has 11 heteroatoms. The second-order valence-corrected chi connectivity index (χ2v) is 5.42. The second kappa shape index (κ2) is 5.30. The molecule has 6 N–H and O–H groups in total. The number of aromatic hydroxyl groups is 1. The Morgan fingerprint density at radius 1 is 1.19 bits per heavy atom. The summed E-state index contributed by atoms with van der Waals surface area (Å²) in [5.41, 5.74) is 4.30.